The second kappa shape index (κ2) is 11.5. The Hall–Kier alpha value is -2.98. The Morgan fingerprint density at radius 1 is 1.23 bits per heavy atom. The van der Waals surface area contributed by atoms with Crippen LogP contribution in [0, 0.1) is 5.82 Å². The van der Waals surface area contributed by atoms with Crippen molar-refractivity contribution < 1.29 is 23.9 Å². The Labute approximate surface area is 241 Å². The van der Waals surface area contributed by atoms with Crippen LogP contribution >= 0.6 is 22.9 Å². The lowest BCUT2D eigenvalue weighted by atomic mass is 9.96. The van der Waals surface area contributed by atoms with E-state index in [1.165, 1.54) is 22.3 Å². The maximum atomic E-state index is 14.9. The van der Waals surface area contributed by atoms with E-state index in [1.807, 2.05) is 30.3 Å². The van der Waals surface area contributed by atoms with Crippen LogP contribution in [0.1, 0.15) is 48.5 Å². The van der Waals surface area contributed by atoms with E-state index in [1.54, 1.807) is 19.2 Å². The number of ether oxygens (including phenoxy) is 1. The maximum absolute atomic E-state index is 14.9. The van der Waals surface area contributed by atoms with Crippen molar-refractivity contribution in [1.29, 1.82) is 0 Å². The number of carbonyl (C=O) groups is 1. The minimum absolute atomic E-state index is 0.0671. The van der Waals surface area contributed by atoms with Crippen molar-refractivity contribution >= 4 is 34.6 Å². The second-order valence-corrected chi connectivity index (χ2v) is 12.3. The van der Waals surface area contributed by atoms with Gasteiger partial charge in [0.15, 0.2) is 17.3 Å². The van der Waals surface area contributed by atoms with Crippen LogP contribution in [0.3, 0.4) is 0 Å². The van der Waals surface area contributed by atoms with Crippen LogP contribution in [0.4, 0.5) is 4.39 Å². The molecule has 40 heavy (non-hydrogen) atoms. The van der Waals surface area contributed by atoms with Gasteiger partial charge in [0.05, 0.1) is 16.5 Å². The van der Waals surface area contributed by atoms with E-state index >= 15 is 0 Å². The van der Waals surface area contributed by atoms with E-state index in [0.29, 0.717) is 22.0 Å². The molecule has 10 heteroatoms. The third-order valence-corrected chi connectivity index (χ3v) is 9.02. The Morgan fingerprint density at radius 2 is 2.02 bits per heavy atom. The number of thiophene rings is 1. The summed E-state index contributed by atoms with van der Waals surface area (Å²) < 4.78 is 21.2. The number of nitrogens with zero attached hydrogens (tertiary/aromatic N) is 3. The highest BCUT2D eigenvalue weighted by Crippen LogP contribution is 2.34. The molecule has 6 rings (SSSR count). The third kappa shape index (κ3) is 5.74. The van der Waals surface area contributed by atoms with Crippen molar-refractivity contribution in [2.24, 2.45) is 5.16 Å². The molecule has 210 valence electrons. The molecular formula is C30H31ClFN3O4S. The first-order chi connectivity index (χ1) is 19.4. The minimum atomic E-state index is -1.12. The predicted molar refractivity (Wildman–Crippen MR) is 153 cm³/mol. The highest BCUT2D eigenvalue weighted by Gasteiger charge is 2.35. The van der Waals surface area contributed by atoms with E-state index in [0.717, 1.165) is 54.8 Å². The largest absolute Gasteiger partial charge is 0.487 e. The lowest BCUT2D eigenvalue weighted by Gasteiger charge is -2.35. The summed E-state index contributed by atoms with van der Waals surface area (Å²) in [4.78, 5) is 24.1. The fourth-order valence-electron chi connectivity index (χ4n) is 5.30. The summed E-state index contributed by atoms with van der Waals surface area (Å²) in [7, 11) is 1.66. The average Bonchev–Trinajstić information content (AvgIpc) is 3.42. The first-order valence-electron chi connectivity index (χ1n) is 13.6. The maximum Gasteiger partial charge on any atom is 0.276 e. The van der Waals surface area contributed by atoms with Crippen LogP contribution in [-0.2, 0) is 16.2 Å². The van der Waals surface area contributed by atoms with E-state index < -0.39 is 18.0 Å². The highest BCUT2D eigenvalue weighted by atomic mass is 35.5. The molecule has 2 aliphatic heterocycles. The zero-order chi connectivity index (χ0) is 27.8. The van der Waals surface area contributed by atoms with Gasteiger partial charge in [0, 0.05) is 29.6 Å². The molecule has 1 amide bonds. The van der Waals surface area contributed by atoms with Gasteiger partial charge < -0.3 is 24.5 Å². The zero-order valence-corrected chi connectivity index (χ0v) is 23.8. The summed E-state index contributed by atoms with van der Waals surface area (Å²) in [5.74, 6) is -0.696. The predicted octanol–water partition coefficient (Wildman–Crippen LogP) is 5.64. The number of rotatable bonds is 9. The molecule has 3 aliphatic rings. The summed E-state index contributed by atoms with van der Waals surface area (Å²) in [5.41, 5.74) is 3.10. The summed E-state index contributed by atoms with van der Waals surface area (Å²) in [5, 5.41) is 15.7. The average molecular weight is 584 g/mol. The molecule has 1 aromatic heterocycles. The molecule has 2 aromatic carbocycles. The van der Waals surface area contributed by atoms with Crippen LogP contribution in [0.25, 0.3) is 10.4 Å². The first-order valence-corrected chi connectivity index (χ1v) is 14.8. The smallest absolute Gasteiger partial charge is 0.276 e. The van der Waals surface area contributed by atoms with Gasteiger partial charge in [-0.1, -0.05) is 35.0 Å². The normalized spacial score (nSPS) is 18.4. The van der Waals surface area contributed by atoms with Gasteiger partial charge in [0.1, 0.15) is 12.7 Å². The monoisotopic (exact) mass is 583 g/mol. The molecule has 1 saturated carbocycles. The van der Waals surface area contributed by atoms with Crippen molar-refractivity contribution in [3.8, 4) is 16.2 Å². The number of hydrogen-bond acceptors (Lipinski definition) is 7. The number of fused-ring (bicyclic) bond motifs is 1. The quantitative estimate of drug-likeness (QED) is 0.353. The topological polar surface area (TPSA) is 74.6 Å². The molecule has 0 bridgehead atoms. The standard InChI is InChI=1S/C30H31ClFN3O4S/c1-34(30(37)28-22-8-4-18(14-20(22)17-38-33-28)26-10-11-27(31)40-26)24(16-35-12-2-3-13-35)29(36)19-5-9-25(23(32)15-19)39-21-6-7-21/h4-5,8-11,14-15,21,24,29,36H,2-3,6-7,12-13,16-17H2,1H3/t24-,29-/m1/s1. The molecule has 7 nitrogen and oxygen atoms in total. The Balaban J connectivity index is 1.26. The fourth-order valence-corrected chi connectivity index (χ4v) is 6.34. The summed E-state index contributed by atoms with van der Waals surface area (Å²) in [6.07, 6.45) is 2.93. The zero-order valence-electron chi connectivity index (χ0n) is 22.2. The molecule has 3 heterocycles. The van der Waals surface area contributed by atoms with Gasteiger partial charge in [-0.2, -0.15) is 0 Å². The number of hydrogen-bond donors (Lipinski definition) is 1. The van der Waals surface area contributed by atoms with Gasteiger partial charge in [0.25, 0.3) is 5.91 Å². The fraction of sp³-hybridized carbons (Fsp3) is 0.400. The molecular weight excluding hydrogens is 553 g/mol. The molecule has 1 N–H and O–H groups in total. The molecule has 0 radical (unpaired) electrons. The lowest BCUT2D eigenvalue weighted by Crippen LogP contribution is -2.50. The van der Waals surface area contributed by atoms with Crippen LogP contribution in [-0.4, -0.2) is 65.4 Å². The molecule has 1 aliphatic carbocycles. The molecule has 0 spiro atoms. The number of likely N-dealkylation sites (N-methyl/N-ethyl adjacent to an activating group) is 1. The Bertz CT molecular complexity index is 1440. The number of benzene rings is 2. The van der Waals surface area contributed by atoms with Crippen molar-refractivity contribution in [3.05, 3.63) is 75.4 Å². The van der Waals surface area contributed by atoms with E-state index in [9.17, 15) is 14.3 Å². The van der Waals surface area contributed by atoms with Gasteiger partial charge in [-0.05, 0) is 80.2 Å². The number of likely N-dealkylation sites (tertiary alicyclic amines) is 1. The van der Waals surface area contributed by atoms with Gasteiger partial charge in [-0.15, -0.1) is 11.3 Å². The Kier molecular flexibility index (Phi) is 7.81. The van der Waals surface area contributed by atoms with Crippen LogP contribution in [0.2, 0.25) is 4.34 Å². The second-order valence-electron chi connectivity index (χ2n) is 10.6. The SMILES string of the molecule is CN(C(=O)C1=NOCc2cc(-c3ccc(Cl)s3)ccc21)[C@H](CN1CCCC1)[C@H](O)c1ccc(OC2CC2)c(F)c1. The van der Waals surface area contributed by atoms with Crippen LogP contribution in [0.5, 0.6) is 5.75 Å². The van der Waals surface area contributed by atoms with Crippen molar-refractivity contribution in [2.75, 3.05) is 26.7 Å². The van der Waals surface area contributed by atoms with Gasteiger partial charge in [0.2, 0.25) is 0 Å². The molecule has 2 atom stereocenters. The number of amides is 1. The summed E-state index contributed by atoms with van der Waals surface area (Å²) in [6, 6.07) is 13.5. The number of aliphatic hydroxyl groups is 1. The van der Waals surface area contributed by atoms with E-state index in [-0.39, 0.29) is 30.1 Å². The van der Waals surface area contributed by atoms with E-state index in [4.69, 9.17) is 21.2 Å². The van der Waals surface area contributed by atoms with E-state index in [2.05, 4.69) is 10.1 Å². The van der Waals surface area contributed by atoms with Gasteiger partial charge in [-0.3, -0.25) is 4.79 Å². The van der Waals surface area contributed by atoms with Gasteiger partial charge in [-0.25, -0.2) is 4.39 Å². The van der Waals surface area contributed by atoms with Crippen LogP contribution in [0.15, 0.2) is 53.7 Å². The third-order valence-electron chi connectivity index (χ3n) is 7.74. The minimum Gasteiger partial charge on any atom is -0.487 e. The molecule has 1 saturated heterocycles. The lowest BCUT2D eigenvalue weighted by molar-refractivity contribution is -0.128. The first kappa shape index (κ1) is 27.2. The van der Waals surface area contributed by atoms with Crippen molar-refractivity contribution in [3.63, 3.8) is 0 Å². The number of carbonyl (C=O) groups excluding carboxylic acids is 1. The molecule has 3 aromatic rings. The van der Waals surface area contributed by atoms with Crippen molar-refractivity contribution in [2.45, 2.75) is 50.5 Å². The molecule has 2 fully saturated rings. The number of oxime groups is 1. The number of aliphatic hydroxyl groups excluding tert-OH is 1. The summed E-state index contributed by atoms with van der Waals surface area (Å²) >= 11 is 7.61. The van der Waals surface area contributed by atoms with Crippen LogP contribution < -0.4 is 4.74 Å². The summed E-state index contributed by atoms with van der Waals surface area (Å²) in [6.45, 7) is 2.47. The number of halogens is 2. The van der Waals surface area contributed by atoms with Crippen molar-refractivity contribution in [1.82, 2.24) is 9.80 Å². The highest BCUT2D eigenvalue weighted by molar-refractivity contribution is 7.19. The van der Waals surface area contributed by atoms with Gasteiger partial charge >= 0.3 is 0 Å². The Morgan fingerprint density at radius 3 is 2.73 bits per heavy atom. The molecule has 0 unspecified atom stereocenters.